The van der Waals surface area contributed by atoms with Gasteiger partial charge < -0.3 is 5.11 Å². The molecule has 0 saturated heterocycles. The lowest BCUT2D eigenvalue weighted by Crippen LogP contribution is -2.37. The first kappa shape index (κ1) is 28.7. The first-order valence-corrected chi connectivity index (χ1v) is 19.2. The summed E-state index contributed by atoms with van der Waals surface area (Å²) in [7, 11) is -5.30. The quantitative estimate of drug-likeness (QED) is 0.321. The topological polar surface area (TPSA) is 66.7 Å². The molecule has 0 radical (unpaired) electrons. The molecule has 4 rings (SSSR count). The van der Waals surface area contributed by atoms with Crippen LogP contribution in [0.3, 0.4) is 0 Å². The summed E-state index contributed by atoms with van der Waals surface area (Å²) in [6, 6.07) is 8.21. The van der Waals surface area contributed by atoms with E-state index in [0.29, 0.717) is 16.5 Å². The molecule has 1 unspecified atom stereocenters. The zero-order chi connectivity index (χ0) is 27.4. The van der Waals surface area contributed by atoms with Crippen LogP contribution in [0, 0.1) is 5.92 Å². The minimum Gasteiger partial charge on any atom is -0.385 e. The molecule has 1 aromatic heterocycles. The lowest BCUT2D eigenvalue weighted by Gasteiger charge is -2.33. The fourth-order valence-electron chi connectivity index (χ4n) is 5.19. The van der Waals surface area contributed by atoms with Crippen LogP contribution >= 0.6 is 11.3 Å². The van der Waals surface area contributed by atoms with Crippen molar-refractivity contribution in [3.05, 3.63) is 51.4 Å². The Bertz CT molecular complexity index is 1300. The predicted octanol–water partition coefficient (Wildman–Crippen LogP) is 7.62. The number of carbonyl (C=O) groups is 1. The summed E-state index contributed by atoms with van der Waals surface area (Å²) in [5.74, 6) is 1.13. The van der Waals surface area contributed by atoms with E-state index >= 15 is 0 Å². The van der Waals surface area contributed by atoms with Gasteiger partial charge in [0.15, 0.2) is 14.0 Å². The van der Waals surface area contributed by atoms with Crippen molar-refractivity contribution < 1.29 is 14.1 Å². The smallest absolute Gasteiger partial charge is 0.193 e. The summed E-state index contributed by atoms with van der Waals surface area (Å²) in [5, 5.41) is 10.5. The molecular formula is C30H45NO3S2Si. The molecule has 0 amide bonds. The lowest BCUT2D eigenvalue weighted by atomic mass is 9.86. The fourth-order valence-corrected chi connectivity index (χ4v) is 12.9. The average Bonchev–Trinajstić information content (AvgIpc) is 3.27. The third-order valence-corrected chi connectivity index (χ3v) is 19.1. The molecule has 204 valence electrons. The van der Waals surface area contributed by atoms with E-state index in [0.717, 1.165) is 30.1 Å². The number of carbonyl (C=O) groups excluding carboxylic acids is 1. The Kier molecular flexibility index (Phi) is 7.79. The third-order valence-electron chi connectivity index (χ3n) is 8.70. The number of nitrogens with zero attached hydrogens (tertiary/aromatic N) is 1. The highest BCUT2D eigenvalue weighted by Crippen LogP contribution is 2.45. The van der Waals surface area contributed by atoms with Gasteiger partial charge in [0.1, 0.15) is 0 Å². The highest BCUT2D eigenvalue weighted by molar-refractivity contribution is 7.97. The van der Waals surface area contributed by atoms with Gasteiger partial charge in [-0.1, -0.05) is 39.8 Å². The number of rotatable bonds is 9. The van der Waals surface area contributed by atoms with Crippen molar-refractivity contribution in [3.63, 3.8) is 0 Å². The van der Waals surface area contributed by atoms with E-state index in [1.807, 2.05) is 12.1 Å². The van der Waals surface area contributed by atoms with Crippen molar-refractivity contribution in [3.8, 4) is 0 Å². The standard InChI is InChI=1S/C30H45NO3S2Si/c1-20(21-12-13-21)24-15-14-22-10-9-11-25(22)26(24)18-23(32)19-36(34,31-37(7,8)29(2,3)4)28-17-16-27(35-28)30(5,6)33/h14-17,20-21,33H,9-13,18-19H2,1-8H3/t20-,36?/m1/s1. The van der Waals surface area contributed by atoms with Crippen LogP contribution in [0.2, 0.25) is 18.1 Å². The van der Waals surface area contributed by atoms with Crippen molar-refractivity contribution in [1.29, 1.82) is 0 Å². The predicted molar refractivity (Wildman–Crippen MR) is 159 cm³/mol. The van der Waals surface area contributed by atoms with Crippen LogP contribution in [0.15, 0.2) is 32.5 Å². The maximum atomic E-state index is 14.7. The Morgan fingerprint density at radius 1 is 1.14 bits per heavy atom. The van der Waals surface area contributed by atoms with Gasteiger partial charge in [0.05, 0.1) is 25.3 Å². The molecule has 2 aromatic rings. The van der Waals surface area contributed by atoms with E-state index < -0.39 is 23.6 Å². The molecule has 0 bridgehead atoms. The van der Waals surface area contributed by atoms with E-state index in [1.54, 1.807) is 13.8 Å². The van der Waals surface area contributed by atoms with Crippen LogP contribution in [0.5, 0.6) is 0 Å². The Morgan fingerprint density at radius 3 is 2.38 bits per heavy atom. The Labute approximate surface area is 229 Å². The van der Waals surface area contributed by atoms with Gasteiger partial charge in [-0.2, -0.15) is 0 Å². The number of hydrogen-bond donors (Lipinski definition) is 1. The van der Waals surface area contributed by atoms with Gasteiger partial charge in [0, 0.05) is 11.3 Å². The summed E-state index contributed by atoms with van der Waals surface area (Å²) in [6.07, 6.45) is 6.14. The van der Waals surface area contributed by atoms with Crippen LogP contribution in [0.1, 0.15) is 93.9 Å². The maximum Gasteiger partial charge on any atom is 0.193 e. The van der Waals surface area contributed by atoms with Crippen LogP contribution in [-0.4, -0.2) is 29.1 Å². The minimum absolute atomic E-state index is 0.00946. The molecule has 37 heavy (non-hydrogen) atoms. The van der Waals surface area contributed by atoms with Crippen LogP contribution in [-0.2, 0) is 39.4 Å². The molecule has 1 N–H and O–H groups in total. The summed E-state index contributed by atoms with van der Waals surface area (Å²) in [4.78, 5) is 14.6. The molecule has 0 aliphatic heterocycles. The monoisotopic (exact) mass is 559 g/mol. The number of thiophene rings is 1. The maximum absolute atomic E-state index is 14.7. The number of Topliss-reactive ketones (excluding diaryl/α,β-unsaturated/α-hetero) is 1. The van der Waals surface area contributed by atoms with Gasteiger partial charge in [-0.15, -0.1) is 11.3 Å². The van der Waals surface area contributed by atoms with E-state index in [9.17, 15) is 14.1 Å². The molecule has 2 aliphatic rings. The van der Waals surface area contributed by atoms with Crippen molar-refractivity contribution >= 4 is 35.1 Å². The zero-order valence-electron chi connectivity index (χ0n) is 23.9. The number of fused-ring (bicyclic) bond motifs is 1. The molecule has 4 nitrogen and oxygen atoms in total. The second-order valence-corrected chi connectivity index (χ2v) is 22.0. The number of aryl methyl sites for hydroxylation is 1. The fraction of sp³-hybridized carbons (Fsp3) is 0.633. The highest BCUT2D eigenvalue weighted by Gasteiger charge is 2.39. The summed E-state index contributed by atoms with van der Waals surface area (Å²) in [5.41, 5.74) is 4.26. The average molecular weight is 560 g/mol. The van der Waals surface area contributed by atoms with Crippen molar-refractivity contribution in [1.82, 2.24) is 0 Å². The van der Waals surface area contributed by atoms with Crippen LogP contribution in [0.4, 0.5) is 0 Å². The minimum atomic E-state index is -2.97. The number of aliphatic hydroxyl groups is 1. The molecule has 1 aromatic carbocycles. The van der Waals surface area contributed by atoms with Crippen LogP contribution in [0.25, 0.3) is 0 Å². The zero-order valence-corrected chi connectivity index (χ0v) is 26.6. The van der Waals surface area contributed by atoms with Crippen LogP contribution < -0.4 is 0 Å². The summed E-state index contributed by atoms with van der Waals surface area (Å²) >= 11 is 1.34. The van der Waals surface area contributed by atoms with Gasteiger partial charge in [0.25, 0.3) is 0 Å². The molecule has 1 saturated carbocycles. The van der Waals surface area contributed by atoms with E-state index in [1.165, 1.54) is 46.4 Å². The summed E-state index contributed by atoms with van der Waals surface area (Å²) < 4.78 is 20.5. The lowest BCUT2D eigenvalue weighted by molar-refractivity contribution is -0.116. The molecular weight excluding hydrogens is 515 g/mol. The second kappa shape index (κ2) is 10.0. The van der Waals surface area contributed by atoms with E-state index in [2.05, 4.69) is 52.9 Å². The Morgan fingerprint density at radius 2 is 1.81 bits per heavy atom. The van der Waals surface area contributed by atoms with Gasteiger partial charge in [-0.25, -0.2) is 4.21 Å². The number of hydrogen-bond acceptors (Lipinski definition) is 5. The SMILES string of the molecule is C[C@@H](c1ccc2c(c1CC(=O)CS(=O)(=N[Si](C)(C)C(C)(C)C)c1ccc(C(C)(C)O)s1)CCC2)C1CC1. The normalized spacial score (nSPS) is 18.8. The van der Waals surface area contributed by atoms with Gasteiger partial charge in [0.2, 0.25) is 0 Å². The van der Waals surface area contributed by atoms with Gasteiger partial charge >= 0.3 is 0 Å². The van der Waals surface area contributed by atoms with Crippen molar-refractivity contribution in [2.24, 2.45) is 9.95 Å². The molecule has 1 heterocycles. The third kappa shape index (κ3) is 6.15. The molecule has 7 heteroatoms. The molecule has 0 spiro atoms. The molecule has 2 aliphatic carbocycles. The van der Waals surface area contributed by atoms with E-state index in [4.69, 9.17) is 4.03 Å². The Hall–Kier alpha value is -1.28. The van der Waals surface area contributed by atoms with Gasteiger partial charge in [-0.05, 0) is 110 Å². The largest absolute Gasteiger partial charge is 0.385 e. The summed E-state index contributed by atoms with van der Waals surface area (Å²) in [6.45, 7) is 16.5. The van der Waals surface area contributed by atoms with Crippen molar-refractivity contribution in [2.45, 2.75) is 114 Å². The first-order chi connectivity index (χ1) is 17.0. The molecule has 1 fully saturated rings. The molecule has 2 atom stereocenters. The van der Waals surface area contributed by atoms with Crippen molar-refractivity contribution in [2.75, 3.05) is 5.75 Å². The highest BCUT2D eigenvalue weighted by atomic mass is 32.2. The first-order valence-electron chi connectivity index (χ1n) is 13.8. The number of benzene rings is 1. The second-order valence-electron chi connectivity index (χ2n) is 13.3. The van der Waals surface area contributed by atoms with Gasteiger partial charge in [-0.3, -0.25) is 8.82 Å². The van der Waals surface area contributed by atoms with E-state index in [-0.39, 0.29) is 16.6 Å². The Balaban J connectivity index is 1.73. The number of ketones is 1.